The van der Waals surface area contributed by atoms with Crippen molar-refractivity contribution in [3.63, 3.8) is 0 Å². The lowest BCUT2D eigenvalue weighted by Crippen LogP contribution is -2.09. The van der Waals surface area contributed by atoms with E-state index in [0.29, 0.717) is 44.2 Å². The van der Waals surface area contributed by atoms with E-state index in [1.54, 1.807) is 12.1 Å². The molecule has 0 aliphatic carbocycles. The van der Waals surface area contributed by atoms with Crippen molar-refractivity contribution in [3.8, 4) is 34.1 Å². The molecule has 0 fully saturated rings. The smallest absolute Gasteiger partial charge is 0.341 e. The van der Waals surface area contributed by atoms with Gasteiger partial charge >= 0.3 is 11.9 Å². The van der Waals surface area contributed by atoms with Gasteiger partial charge in [-0.2, -0.15) is 0 Å². The second-order valence-corrected chi connectivity index (χ2v) is 10.9. The standard InChI is InChI=1S/C40H34O8/c1-43-37-29(39(41)45-3)21-27-17-11-19-31(47-23-25-13-7-5-8-14-25)33(27)35(37)36-34-28(22-30(38(36)44-2)40(42)46-4)18-12-20-32(34)48-24-26-15-9-6-10-16-26/h5-22H,23-24H2,1-4H3. The van der Waals surface area contributed by atoms with Crippen molar-refractivity contribution in [2.24, 2.45) is 0 Å². The second-order valence-electron chi connectivity index (χ2n) is 10.9. The van der Waals surface area contributed by atoms with Crippen molar-refractivity contribution in [2.45, 2.75) is 13.2 Å². The maximum absolute atomic E-state index is 13.3. The Labute approximate surface area is 278 Å². The zero-order valence-corrected chi connectivity index (χ0v) is 27.1. The Bertz CT molecular complexity index is 1950. The van der Waals surface area contributed by atoms with Crippen LogP contribution in [0, 0.1) is 0 Å². The average molecular weight is 643 g/mol. The maximum Gasteiger partial charge on any atom is 0.341 e. The van der Waals surface area contributed by atoms with Crippen molar-refractivity contribution < 1.29 is 38.0 Å². The van der Waals surface area contributed by atoms with E-state index in [0.717, 1.165) is 11.1 Å². The molecule has 0 heterocycles. The summed E-state index contributed by atoms with van der Waals surface area (Å²) < 4.78 is 35.5. The molecule has 0 aliphatic rings. The molecule has 0 aromatic heterocycles. The molecule has 6 aromatic carbocycles. The fraction of sp³-hybridized carbons (Fsp3) is 0.150. The van der Waals surface area contributed by atoms with E-state index in [2.05, 4.69) is 0 Å². The number of esters is 2. The number of fused-ring (bicyclic) bond motifs is 2. The van der Waals surface area contributed by atoms with Crippen molar-refractivity contribution >= 4 is 33.5 Å². The third kappa shape index (κ3) is 6.08. The number of carbonyl (C=O) groups excluding carboxylic acids is 2. The molecule has 0 atom stereocenters. The first-order valence-corrected chi connectivity index (χ1v) is 15.3. The van der Waals surface area contributed by atoms with Crippen LogP contribution in [0.1, 0.15) is 31.8 Å². The third-order valence-electron chi connectivity index (χ3n) is 8.10. The molecule has 0 aliphatic heterocycles. The van der Waals surface area contributed by atoms with Crippen LogP contribution in [0.25, 0.3) is 32.7 Å². The lowest BCUT2D eigenvalue weighted by molar-refractivity contribution is 0.0588. The predicted octanol–water partition coefficient (Wildman–Crippen LogP) is 8.41. The summed E-state index contributed by atoms with van der Waals surface area (Å²) in [6, 6.07) is 34.2. The summed E-state index contributed by atoms with van der Waals surface area (Å²) >= 11 is 0. The number of hydrogen-bond donors (Lipinski definition) is 0. The van der Waals surface area contributed by atoms with Gasteiger partial charge in [-0.15, -0.1) is 0 Å². The second kappa shape index (κ2) is 14.2. The topological polar surface area (TPSA) is 89.5 Å². The normalized spacial score (nSPS) is 10.8. The quantitative estimate of drug-likeness (QED) is 0.130. The molecule has 0 radical (unpaired) electrons. The van der Waals surface area contributed by atoms with E-state index in [4.69, 9.17) is 28.4 Å². The number of benzene rings is 6. The van der Waals surface area contributed by atoms with Gasteiger partial charge in [-0.3, -0.25) is 0 Å². The largest absolute Gasteiger partial charge is 0.495 e. The molecule has 48 heavy (non-hydrogen) atoms. The summed E-state index contributed by atoms with van der Waals surface area (Å²) in [6.07, 6.45) is 0. The van der Waals surface area contributed by atoms with E-state index in [1.807, 2.05) is 97.1 Å². The molecular formula is C40H34O8. The van der Waals surface area contributed by atoms with Crippen molar-refractivity contribution in [1.82, 2.24) is 0 Å². The number of rotatable bonds is 11. The number of methoxy groups -OCH3 is 4. The van der Waals surface area contributed by atoms with Crippen molar-refractivity contribution in [2.75, 3.05) is 28.4 Å². The molecule has 8 heteroatoms. The highest BCUT2D eigenvalue weighted by Crippen LogP contribution is 2.52. The first kappa shape index (κ1) is 31.9. The fourth-order valence-electron chi connectivity index (χ4n) is 5.95. The Morgan fingerprint density at radius 1 is 0.500 bits per heavy atom. The molecule has 0 amide bonds. The van der Waals surface area contributed by atoms with Crippen LogP contribution >= 0.6 is 0 Å². The summed E-state index contributed by atoms with van der Waals surface area (Å²) in [7, 11) is 5.59. The Morgan fingerprint density at radius 2 is 0.896 bits per heavy atom. The van der Waals surface area contributed by atoms with Gasteiger partial charge in [-0.1, -0.05) is 84.9 Å². The number of carbonyl (C=O) groups is 2. The van der Waals surface area contributed by atoms with Gasteiger partial charge in [0.15, 0.2) is 0 Å². The molecule has 0 N–H and O–H groups in total. The van der Waals surface area contributed by atoms with Gasteiger partial charge in [0.2, 0.25) is 0 Å². The Balaban J connectivity index is 1.73. The van der Waals surface area contributed by atoms with Crippen LogP contribution in [0.5, 0.6) is 23.0 Å². The molecule has 0 unspecified atom stereocenters. The van der Waals surface area contributed by atoms with Crippen LogP contribution in [0.3, 0.4) is 0 Å². The minimum atomic E-state index is -0.599. The van der Waals surface area contributed by atoms with Gasteiger partial charge in [-0.25, -0.2) is 9.59 Å². The summed E-state index contributed by atoms with van der Waals surface area (Å²) in [5, 5.41) is 2.63. The Hall–Kier alpha value is -6.02. The van der Waals surface area contributed by atoms with Crippen molar-refractivity contribution in [3.05, 3.63) is 131 Å². The number of ether oxygens (including phenoxy) is 6. The third-order valence-corrected chi connectivity index (χ3v) is 8.10. The highest BCUT2D eigenvalue weighted by molar-refractivity contribution is 6.18. The lowest BCUT2D eigenvalue weighted by atomic mass is 9.87. The Morgan fingerprint density at radius 3 is 1.25 bits per heavy atom. The molecule has 6 rings (SSSR count). The van der Waals surface area contributed by atoms with E-state index in [-0.39, 0.29) is 35.8 Å². The average Bonchev–Trinajstić information content (AvgIpc) is 3.14. The van der Waals surface area contributed by atoms with Crippen molar-refractivity contribution in [1.29, 1.82) is 0 Å². The van der Waals surface area contributed by atoms with E-state index in [1.165, 1.54) is 28.4 Å². The van der Waals surface area contributed by atoms with Gasteiger partial charge in [0.25, 0.3) is 0 Å². The SMILES string of the molecule is COC(=O)c1cc2cccc(OCc3ccccc3)c2c(-c2c(OC)c(C(=O)OC)cc3cccc(OCc4ccccc4)c23)c1OC. The van der Waals surface area contributed by atoms with Crippen LogP contribution in [0.15, 0.2) is 109 Å². The monoisotopic (exact) mass is 642 g/mol. The molecule has 242 valence electrons. The minimum Gasteiger partial charge on any atom is -0.495 e. The summed E-state index contributed by atoms with van der Waals surface area (Å²) in [6.45, 7) is 0.567. The summed E-state index contributed by atoms with van der Waals surface area (Å²) in [4.78, 5) is 26.6. The molecule has 6 aromatic rings. The molecule has 8 nitrogen and oxygen atoms in total. The first-order chi connectivity index (χ1) is 23.5. The molecule has 0 spiro atoms. The fourth-order valence-corrected chi connectivity index (χ4v) is 5.95. The molecule has 0 saturated carbocycles. The van der Waals surface area contributed by atoms with E-state index in [9.17, 15) is 9.59 Å². The minimum absolute atomic E-state index is 0.184. The highest BCUT2D eigenvalue weighted by atomic mass is 16.5. The molecule has 0 saturated heterocycles. The zero-order valence-electron chi connectivity index (χ0n) is 27.1. The van der Waals surface area contributed by atoms with Gasteiger partial charge in [-0.05, 0) is 46.2 Å². The van der Waals surface area contributed by atoms with Crippen LogP contribution in [0.2, 0.25) is 0 Å². The molecular weight excluding hydrogens is 608 g/mol. The summed E-state index contributed by atoms with van der Waals surface area (Å²) in [5.41, 5.74) is 3.24. The van der Waals surface area contributed by atoms with Crippen LogP contribution in [-0.4, -0.2) is 40.4 Å². The zero-order chi connectivity index (χ0) is 33.6. The molecule has 0 bridgehead atoms. The van der Waals surface area contributed by atoms with Crippen LogP contribution in [0.4, 0.5) is 0 Å². The van der Waals surface area contributed by atoms with Crippen LogP contribution in [-0.2, 0) is 22.7 Å². The maximum atomic E-state index is 13.3. The first-order valence-electron chi connectivity index (χ1n) is 15.3. The van der Waals surface area contributed by atoms with Gasteiger partial charge in [0, 0.05) is 21.9 Å². The van der Waals surface area contributed by atoms with Gasteiger partial charge in [0.05, 0.1) is 28.4 Å². The highest BCUT2D eigenvalue weighted by Gasteiger charge is 2.30. The van der Waals surface area contributed by atoms with Crippen LogP contribution < -0.4 is 18.9 Å². The Kier molecular flexibility index (Phi) is 9.43. The summed E-state index contributed by atoms with van der Waals surface area (Å²) in [5.74, 6) is 0.288. The number of hydrogen-bond acceptors (Lipinski definition) is 8. The lowest BCUT2D eigenvalue weighted by Gasteiger charge is -2.23. The van der Waals surface area contributed by atoms with Gasteiger partial charge < -0.3 is 28.4 Å². The predicted molar refractivity (Wildman–Crippen MR) is 184 cm³/mol. The van der Waals surface area contributed by atoms with E-state index < -0.39 is 11.9 Å². The van der Waals surface area contributed by atoms with Gasteiger partial charge in [0.1, 0.15) is 47.3 Å². The van der Waals surface area contributed by atoms with E-state index >= 15 is 0 Å².